The Hall–Kier alpha value is -15.7. The fourth-order valence-electron chi connectivity index (χ4n) is 18.8. The molecule has 0 aliphatic carbocycles. The number of rotatable bonds is 11. The van der Waals surface area contributed by atoms with Gasteiger partial charge >= 0.3 is 0 Å². The maximum atomic E-state index is 9.37. The zero-order chi connectivity index (χ0) is 107. The van der Waals surface area contributed by atoms with Gasteiger partial charge < -0.3 is 0 Å². The minimum atomic E-state index is -0.707. The first-order valence-electron chi connectivity index (χ1n) is 54.7. The van der Waals surface area contributed by atoms with Crippen molar-refractivity contribution in [2.75, 3.05) is 0 Å². The molecule has 23 aromatic carbocycles. The van der Waals surface area contributed by atoms with E-state index in [0.717, 1.165) is 144 Å². The van der Waals surface area contributed by atoms with Gasteiger partial charge in [0.1, 0.15) is 0 Å². The highest BCUT2D eigenvalue weighted by molar-refractivity contribution is 7.26. The van der Waals surface area contributed by atoms with E-state index < -0.39 is 108 Å². The third kappa shape index (κ3) is 13.6. The molecule has 26 rings (SSSR count). The molecule has 0 fully saturated rings. The van der Waals surface area contributed by atoms with Gasteiger partial charge in [0.05, 0.1) is 34.3 Å². The second-order valence-electron chi connectivity index (χ2n) is 31.4. The Labute approximate surface area is 795 Å². The normalized spacial score (nSPS) is 14.3. The number of thiophene rings is 3. The first-order valence-corrected chi connectivity index (χ1v) is 44.7. The zero-order valence-corrected chi connectivity index (χ0v) is 70.9. The van der Waals surface area contributed by atoms with E-state index in [0.29, 0.717) is 38.9 Å². The molecule has 0 N–H and O–H groups in total. The van der Waals surface area contributed by atoms with Gasteiger partial charge in [0.2, 0.25) is 0 Å². The summed E-state index contributed by atoms with van der Waals surface area (Å²) in [5, 5.41) is 10.4. The Kier molecular flexibility index (Phi) is 14.0. The van der Waals surface area contributed by atoms with Crippen LogP contribution >= 0.6 is 34.0 Å². The molecule has 129 heavy (non-hydrogen) atoms. The molecule has 0 radical (unpaired) electrons. The van der Waals surface area contributed by atoms with Crippen LogP contribution in [-0.4, -0.2) is 0 Å². The van der Waals surface area contributed by atoms with Crippen LogP contribution in [0.1, 0.15) is 34.3 Å². The molecule has 0 saturated carbocycles. The van der Waals surface area contributed by atoms with E-state index in [-0.39, 0.29) is 103 Å². The maximum absolute atomic E-state index is 9.37. The average Bonchev–Trinajstić information content (AvgIpc) is 1.09. The molecule has 0 nitrogen and oxygen atoms in total. The molecule has 0 saturated heterocycles. The van der Waals surface area contributed by atoms with E-state index in [2.05, 4.69) is 109 Å². The predicted molar refractivity (Wildman–Crippen MR) is 563 cm³/mol. The quantitative estimate of drug-likeness (QED) is 0.113. The minimum absolute atomic E-state index is 0.0286. The van der Waals surface area contributed by atoms with Crippen LogP contribution in [0, 0.1) is 0 Å². The van der Waals surface area contributed by atoms with Crippen molar-refractivity contribution in [1.29, 1.82) is 0 Å². The van der Waals surface area contributed by atoms with Crippen molar-refractivity contribution < 1.29 is 34.3 Å². The summed E-state index contributed by atoms with van der Waals surface area (Å²) in [5.41, 5.74) is 13.8. The second-order valence-corrected chi connectivity index (χ2v) is 34.7. The van der Waals surface area contributed by atoms with Crippen molar-refractivity contribution in [2.45, 2.75) is 0 Å². The van der Waals surface area contributed by atoms with Gasteiger partial charge in [-0.1, -0.05) is 448 Å². The highest BCUT2D eigenvalue weighted by atomic mass is 32.1. The number of fused-ring (bicyclic) bond motifs is 15. The van der Waals surface area contributed by atoms with E-state index in [1.165, 1.54) is 4.70 Å². The van der Waals surface area contributed by atoms with Crippen molar-refractivity contribution in [3.8, 4) is 122 Å². The maximum Gasteiger partial charge on any atom is 0.0629 e. The molecule has 0 aliphatic rings. The van der Waals surface area contributed by atoms with Crippen LogP contribution in [0.15, 0.2) is 485 Å². The monoisotopic (exact) mass is 1710 g/mol. The number of benzene rings is 23. The van der Waals surface area contributed by atoms with Gasteiger partial charge in [0.15, 0.2) is 0 Å². The summed E-state index contributed by atoms with van der Waals surface area (Å²) in [6, 6.07) is 99.0. The van der Waals surface area contributed by atoms with Crippen LogP contribution in [0.2, 0.25) is 0 Å². The summed E-state index contributed by atoms with van der Waals surface area (Å²) in [6.07, 6.45) is 0. The Balaban J connectivity index is 0.000000123. The molecule has 602 valence electrons. The van der Waals surface area contributed by atoms with Gasteiger partial charge in [0, 0.05) is 60.5 Å². The standard InChI is InChI=1S/2C44H28S.C38H24S/c2*1-3-13-29(14-4-1)33-27-28-40-44(38-21-11-12-22-39(38)45-40)43(33)32-25-23-31(24-26-32)42-36-19-9-7-17-34(36)41(30-15-5-2-6-16-30)35-18-8-10-20-37(35)42;1-2-11-26(12-3-1)36-29-13-4-6-15-31(29)37(32-16-7-5-14-30(32)36)27-23-21-25(22-24-27)28-18-10-20-35-38(28)33-17-8-9-19-34(33)39-35/h2*1-28H;1-24H/i2D,5D,6D,7D,8D,9D,10D,15D,16D,17D,18D,19D,20D;7D,8D,9D,10D,17D,18D,19D,20D;21D,22D,23D,24D. The molecule has 3 heterocycles. The molecule has 0 bridgehead atoms. The van der Waals surface area contributed by atoms with E-state index in [9.17, 15) is 13.7 Å². The van der Waals surface area contributed by atoms with E-state index in [4.69, 9.17) is 20.6 Å². The fourth-order valence-corrected chi connectivity index (χ4v) is 22.1. The lowest BCUT2D eigenvalue weighted by Crippen LogP contribution is -1.91. The zero-order valence-electron chi connectivity index (χ0n) is 93.5. The molecule has 0 amide bonds. The van der Waals surface area contributed by atoms with Gasteiger partial charge in [-0.05, 0) is 223 Å². The van der Waals surface area contributed by atoms with Crippen molar-refractivity contribution in [3.63, 3.8) is 0 Å². The topological polar surface area (TPSA) is 0 Å². The Bertz CT molecular complexity index is 10200. The molecular weight excluding hydrogens is 1610 g/mol. The molecule has 0 atom stereocenters. The van der Waals surface area contributed by atoms with Gasteiger partial charge in [-0.25, -0.2) is 0 Å². The van der Waals surface area contributed by atoms with Crippen LogP contribution in [-0.2, 0) is 0 Å². The summed E-state index contributed by atoms with van der Waals surface area (Å²) < 4.78 is 230. The lowest BCUT2D eigenvalue weighted by molar-refractivity contribution is 1.61. The molecular formula is C126H80S3. The van der Waals surface area contributed by atoms with Crippen molar-refractivity contribution in [3.05, 3.63) is 485 Å². The first kappa shape index (κ1) is 54.9. The lowest BCUT2D eigenvalue weighted by atomic mass is 9.85. The lowest BCUT2D eigenvalue weighted by Gasteiger charge is -2.18. The summed E-state index contributed by atoms with van der Waals surface area (Å²) in [6.45, 7) is 0. The largest absolute Gasteiger partial charge is 0.135 e. The fraction of sp³-hybridized carbons (Fsp3) is 0. The second kappa shape index (κ2) is 33.0. The van der Waals surface area contributed by atoms with Crippen LogP contribution in [0.3, 0.4) is 0 Å². The van der Waals surface area contributed by atoms with Crippen LogP contribution in [0.4, 0.5) is 0 Å². The molecule has 0 unspecified atom stereocenters. The highest BCUT2D eigenvalue weighted by Gasteiger charge is 2.25. The molecule has 0 aliphatic heterocycles. The smallest absolute Gasteiger partial charge is 0.0629 e. The number of hydrogen-bond acceptors (Lipinski definition) is 3. The Morgan fingerprint density at radius 2 is 0.364 bits per heavy atom. The summed E-state index contributed by atoms with van der Waals surface area (Å²) in [4.78, 5) is 0. The van der Waals surface area contributed by atoms with Crippen LogP contribution in [0.25, 0.3) is 248 Å². The molecule has 3 aromatic heterocycles. The molecule has 3 heteroatoms. The third-order valence-corrected chi connectivity index (χ3v) is 27.7. The van der Waals surface area contributed by atoms with Gasteiger partial charge in [-0.2, -0.15) is 0 Å². The van der Waals surface area contributed by atoms with Crippen molar-refractivity contribution in [1.82, 2.24) is 0 Å². The average molecular weight is 1720 g/mol. The van der Waals surface area contributed by atoms with Crippen LogP contribution in [0.5, 0.6) is 0 Å². The van der Waals surface area contributed by atoms with E-state index >= 15 is 0 Å². The van der Waals surface area contributed by atoms with Crippen LogP contribution < -0.4 is 0 Å². The van der Waals surface area contributed by atoms with E-state index in [1.54, 1.807) is 70.4 Å². The Morgan fingerprint density at radius 3 is 0.721 bits per heavy atom. The van der Waals surface area contributed by atoms with Gasteiger partial charge in [-0.3, -0.25) is 0 Å². The van der Waals surface area contributed by atoms with Crippen molar-refractivity contribution >= 4 is 159 Å². The van der Waals surface area contributed by atoms with Gasteiger partial charge in [0.25, 0.3) is 0 Å². The predicted octanol–water partition coefficient (Wildman–Crippen LogP) is 37.4. The summed E-state index contributed by atoms with van der Waals surface area (Å²) in [7, 11) is 0. The van der Waals surface area contributed by atoms with E-state index in [1.807, 2.05) is 188 Å². The Morgan fingerprint density at radius 1 is 0.124 bits per heavy atom. The first-order chi connectivity index (χ1) is 74.4. The van der Waals surface area contributed by atoms with Gasteiger partial charge in [-0.15, -0.1) is 34.0 Å². The summed E-state index contributed by atoms with van der Waals surface area (Å²) >= 11 is 5.11. The summed E-state index contributed by atoms with van der Waals surface area (Å²) in [5.74, 6) is 0. The SMILES string of the molecule is [2H]c1c([2H])c(-c2cccc3sc4ccccc4c23)c([2H])c([2H])c1-c1c2ccccc2c(-c2ccccc2)c2ccccc12.[2H]c1c([2H])c([2H])c(-c2c3c([2H])c([2H])c([2H])c([2H])c3c(-c3ccc(-c4c(-c5ccccc5)ccc5sc6ccccc6c45)cc3)c3c([2H])c([2H])c([2H])c([2H])c23)c([2H])c1[2H].[2H]c1c([2H])c([2H])c2c(-c3ccc(-c4c(-c5ccccc5)ccc5sc6ccccc6c45)cc3)c3c([2H])c([2H])c([2H])c([2H])c3c(-c3ccccc3)c2c1[2H]. The number of hydrogen-bond donors (Lipinski definition) is 0. The minimum Gasteiger partial charge on any atom is -0.135 e. The third-order valence-electron chi connectivity index (χ3n) is 24.3. The highest BCUT2D eigenvalue weighted by Crippen LogP contribution is 2.53. The molecule has 26 aromatic rings. The van der Waals surface area contributed by atoms with Crippen molar-refractivity contribution in [2.24, 2.45) is 0 Å². The molecule has 0 spiro atoms.